The lowest BCUT2D eigenvalue weighted by Crippen LogP contribution is -2.51. The predicted molar refractivity (Wildman–Crippen MR) is 99.1 cm³/mol. The maximum Gasteiger partial charge on any atom is 0.283 e. The van der Waals surface area contributed by atoms with E-state index in [0.29, 0.717) is 28.4 Å². The molecule has 0 aliphatic carbocycles. The lowest BCUT2D eigenvalue weighted by molar-refractivity contribution is -0.134. The third-order valence-corrected chi connectivity index (χ3v) is 4.34. The standard InChI is InChI=1S/C20H18N2O6/c1-25-13-6-7-14-12(10-26-17(14)9-13)8-19(23)21-22-20(24)18-11-27-15-4-2-3-5-16(15)28-18/h2-7,9-10,18H,8,11H2,1H3,(H,21,23)(H,22,24)/t18-/m0/s1. The molecule has 0 radical (unpaired) electrons. The maximum absolute atomic E-state index is 12.2. The first kappa shape index (κ1) is 17.7. The monoisotopic (exact) mass is 382 g/mol. The number of carbonyl (C=O) groups excluding carboxylic acids is 2. The summed E-state index contributed by atoms with van der Waals surface area (Å²) in [5.74, 6) is 0.856. The van der Waals surface area contributed by atoms with Gasteiger partial charge in [-0.1, -0.05) is 12.1 Å². The van der Waals surface area contributed by atoms with Gasteiger partial charge in [-0.2, -0.15) is 0 Å². The number of hydrazine groups is 1. The molecule has 8 heteroatoms. The number of nitrogens with one attached hydrogen (secondary N) is 2. The van der Waals surface area contributed by atoms with Crippen LogP contribution in [0.5, 0.6) is 17.2 Å². The van der Waals surface area contributed by atoms with Crippen molar-refractivity contribution in [3.8, 4) is 17.2 Å². The molecule has 3 aromatic rings. The van der Waals surface area contributed by atoms with Gasteiger partial charge in [0.15, 0.2) is 11.5 Å². The number of ether oxygens (including phenoxy) is 3. The van der Waals surface area contributed by atoms with Crippen LogP contribution in [-0.2, 0) is 16.0 Å². The molecule has 1 aliphatic heterocycles. The van der Waals surface area contributed by atoms with Crippen molar-refractivity contribution in [2.45, 2.75) is 12.5 Å². The van der Waals surface area contributed by atoms with Gasteiger partial charge in [0.25, 0.3) is 5.91 Å². The van der Waals surface area contributed by atoms with Crippen LogP contribution in [0.4, 0.5) is 0 Å². The summed E-state index contributed by atoms with van der Waals surface area (Å²) in [6.07, 6.45) is 0.711. The molecule has 4 rings (SSSR count). The molecular weight excluding hydrogens is 364 g/mol. The van der Waals surface area contributed by atoms with E-state index in [2.05, 4.69) is 10.9 Å². The van der Waals surface area contributed by atoms with E-state index in [-0.39, 0.29) is 18.9 Å². The SMILES string of the molecule is COc1ccc2c(CC(=O)NNC(=O)[C@@H]3COc4ccccc4O3)coc2c1. The normalized spacial score (nSPS) is 15.1. The van der Waals surface area contributed by atoms with Crippen LogP contribution in [0.3, 0.4) is 0 Å². The third kappa shape index (κ3) is 3.57. The summed E-state index contributed by atoms with van der Waals surface area (Å²) in [5.41, 5.74) is 6.08. The van der Waals surface area contributed by atoms with Crippen LogP contribution in [0.2, 0.25) is 0 Å². The highest BCUT2D eigenvalue weighted by molar-refractivity contribution is 5.90. The van der Waals surface area contributed by atoms with Crippen LogP contribution in [0, 0.1) is 0 Å². The van der Waals surface area contributed by atoms with Crippen LogP contribution in [0.25, 0.3) is 11.0 Å². The molecule has 8 nitrogen and oxygen atoms in total. The second-order valence-electron chi connectivity index (χ2n) is 6.20. The highest BCUT2D eigenvalue weighted by Crippen LogP contribution is 2.30. The van der Waals surface area contributed by atoms with Crippen molar-refractivity contribution in [3.63, 3.8) is 0 Å². The first-order chi connectivity index (χ1) is 13.6. The summed E-state index contributed by atoms with van der Waals surface area (Å²) in [6.45, 7) is 0.0624. The molecule has 0 saturated heterocycles. The van der Waals surface area contributed by atoms with E-state index < -0.39 is 12.0 Å². The van der Waals surface area contributed by atoms with E-state index in [1.807, 2.05) is 12.1 Å². The van der Waals surface area contributed by atoms with Crippen molar-refractivity contribution in [1.29, 1.82) is 0 Å². The van der Waals surface area contributed by atoms with Crippen molar-refractivity contribution in [3.05, 3.63) is 54.3 Å². The van der Waals surface area contributed by atoms with Gasteiger partial charge in [-0.3, -0.25) is 20.4 Å². The zero-order valence-corrected chi connectivity index (χ0v) is 15.1. The topological polar surface area (TPSA) is 99.0 Å². The number of benzene rings is 2. The molecule has 1 atom stereocenters. The smallest absolute Gasteiger partial charge is 0.283 e. The van der Waals surface area contributed by atoms with Gasteiger partial charge in [-0.15, -0.1) is 0 Å². The Balaban J connectivity index is 1.33. The first-order valence-corrected chi connectivity index (χ1v) is 8.65. The largest absolute Gasteiger partial charge is 0.497 e. The van der Waals surface area contributed by atoms with Crippen LogP contribution in [-0.4, -0.2) is 31.6 Å². The maximum atomic E-state index is 12.2. The van der Waals surface area contributed by atoms with Crippen molar-refractivity contribution in [2.24, 2.45) is 0 Å². The second-order valence-corrected chi connectivity index (χ2v) is 6.20. The fraction of sp³-hybridized carbons (Fsp3) is 0.200. The Morgan fingerprint density at radius 1 is 1.14 bits per heavy atom. The van der Waals surface area contributed by atoms with Gasteiger partial charge in [0.2, 0.25) is 12.0 Å². The Morgan fingerprint density at radius 2 is 1.96 bits per heavy atom. The van der Waals surface area contributed by atoms with E-state index in [4.69, 9.17) is 18.6 Å². The van der Waals surface area contributed by atoms with Crippen LogP contribution in [0.15, 0.2) is 53.1 Å². The fourth-order valence-corrected chi connectivity index (χ4v) is 2.91. The minimum Gasteiger partial charge on any atom is -0.497 e. The van der Waals surface area contributed by atoms with E-state index in [1.54, 1.807) is 37.4 Å². The number of para-hydroxylation sites is 2. The van der Waals surface area contributed by atoms with E-state index in [9.17, 15) is 9.59 Å². The number of hydrogen-bond donors (Lipinski definition) is 2. The summed E-state index contributed by atoms with van der Waals surface area (Å²) in [5, 5.41) is 0.808. The fourth-order valence-electron chi connectivity index (χ4n) is 2.91. The summed E-state index contributed by atoms with van der Waals surface area (Å²) in [6, 6.07) is 12.4. The van der Waals surface area contributed by atoms with E-state index in [1.165, 1.54) is 6.26 Å². The van der Waals surface area contributed by atoms with Gasteiger partial charge in [-0.25, -0.2) is 0 Å². The third-order valence-electron chi connectivity index (χ3n) is 4.34. The van der Waals surface area contributed by atoms with Crippen molar-refractivity contribution < 1.29 is 28.2 Å². The predicted octanol–water partition coefficient (Wildman–Crippen LogP) is 1.97. The van der Waals surface area contributed by atoms with Crippen LogP contribution < -0.4 is 25.1 Å². The molecule has 2 amide bonds. The Morgan fingerprint density at radius 3 is 2.79 bits per heavy atom. The number of hydrogen-bond acceptors (Lipinski definition) is 6. The molecule has 1 aliphatic rings. The molecule has 0 bridgehead atoms. The molecule has 2 aromatic carbocycles. The van der Waals surface area contributed by atoms with E-state index >= 15 is 0 Å². The highest BCUT2D eigenvalue weighted by atomic mass is 16.6. The van der Waals surface area contributed by atoms with Gasteiger partial charge in [0, 0.05) is 17.0 Å². The molecule has 0 unspecified atom stereocenters. The molecular formula is C20H18N2O6. The molecule has 1 aromatic heterocycles. The van der Waals surface area contributed by atoms with Gasteiger partial charge in [0.1, 0.15) is 17.9 Å². The molecule has 0 spiro atoms. The Hall–Kier alpha value is -3.68. The highest BCUT2D eigenvalue weighted by Gasteiger charge is 2.27. The number of carbonyl (C=O) groups is 2. The van der Waals surface area contributed by atoms with Crippen molar-refractivity contribution >= 4 is 22.8 Å². The molecule has 144 valence electrons. The minimum atomic E-state index is -0.850. The van der Waals surface area contributed by atoms with Crippen molar-refractivity contribution in [2.75, 3.05) is 13.7 Å². The molecule has 0 fully saturated rings. The van der Waals surface area contributed by atoms with Crippen molar-refractivity contribution in [1.82, 2.24) is 10.9 Å². The zero-order valence-electron chi connectivity index (χ0n) is 15.1. The first-order valence-electron chi connectivity index (χ1n) is 8.65. The number of furan rings is 1. The van der Waals surface area contributed by atoms with Gasteiger partial charge >= 0.3 is 0 Å². The molecule has 28 heavy (non-hydrogen) atoms. The number of rotatable bonds is 4. The second kappa shape index (κ2) is 7.51. The summed E-state index contributed by atoms with van der Waals surface area (Å²) >= 11 is 0. The Kier molecular flexibility index (Phi) is 4.76. The lowest BCUT2D eigenvalue weighted by Gasteiger charge is -2.25. The number of fused-ring (bicyclic) bond motifs is 2. The van der Waals surface area contributed by atoms with E-state index in [0.717, 1.165) is 5.39 Å². The summed E-state index contributed by atoms with van der Waals surface area (Å²) in [7, 11) is 1.57. The summed E-state index contributed by atoms with van der Waals surface area (Å²) in [4.78, 5) is 24.4. The number of amides is 2. The zero-order chi connectivity index (χ0) is 19.5. The Labute approximate surface area is 160 Å². The Bertz CT molecular complexity index is 1030. The van der Waals surface area contributed by atoms with Gasteiger partial charge in [-0.05, 0) is 24.3 Å². The molecule has 2 heterocycles. The molecule has 0 saturated carbocycles. The molecule has 2 N–H and O–H groups in total. The minimum absolute atomic E-state index is 0.0461. The number of methoxy groups -OCH3 is 1. The summed E-state index contributed by atoms with van der Waals surface area (Å²) < 4.78 is 21.7. The van der Waals surface area contributed by atoms with Crippen LogP contribution in [0.1, 0.15) is 5.56 Å². The van der Waals surface area contributed by atoms with Crippen LogP contribution >= 0.6 is 0 Å². The average molecular weight is 382 g/mol. The average Bonchev–Trinajstić information content (AvgIpc) is 3.13. The van der Waals surface area contributed by atoms with Gasteiger partial charge in [0.05, 0.1) is 19.8 Å². The van der Waals surface area contributed by atoms with Gasteiger partial charge < -0.3 is 18.6 Å². The lowest BCUT2D eigenvalue weighted by atomic mass is 10.1. The quantitative estimate of drug-likeness (QED) is 0.670.